The largest absolute Gasteiger partial charge is 0.378 e. The average molecular weight is 301 g/mol. The molecule has 1 aromatic carbocycles. The van der Waals surface area contributed by atoms with Gasteiger partial charge >= 0.3 is 0 Å². The van der Waals surface area contributed by atoms with E-state index in [0.29, 0.717) is 11.4 Å². The molecule has 0 radical (unpaired) electrons. The van der Waals surface area contributed by atoms with Crippen molar-refractivity contribution in [2.75, 3.05) is 6.61 Å². The summed E-state index contributed by atoms with van der Waals surface area (Å²) in [5, 5.41) is 0.108. The van der Waals surface area contributed by atoms with Crippen molar-refractivity contribution in [3.8, 4) is 0 Å². The second-order valence-electron chi connectivity index (χ2n) is 4.94. The van der Waals surface area contributed by atoms with E-state index in [1.165, 1.54) is 6.07 Å². The zero-order chi connectivity index (χ0) is 13.6. The standard InChI is InChI=1S/C13H14ClFN2OS/c1-7-4-8(2-3-18-7)17-12-6-10(15)9(14)5-11(12)16-13(17)19/h5-8H,2-4H2,1H3,(H,16,19). The number of hydrogen-bond acceptors (Lipinski definition) is 2. The monoisotopic (exact) mass is 300 g/mol. The van der Waals surface area contributed by atoms with Gasteiger partial charge in [-0.1, -0.05) is 11.6 Å². The second kappa shape index (κ2) is 4.89. The highest BCUT2D eigenvalue weighted by Gasteiger charge is 2.23. The molecule has 2 aromatic rings. The number of H-pyrrole nitrogens is 1. The molecule has 1 aliphatic rings. The van der Waals surface area contributed by atoms with Gasteiger partial charge in [0, 0.05) is 18.7 Å². The molecule has 3 nitrogen and oxygen atoms in total. The Kier molecular flexibility index (Phi) is 3.37. The van der Waals surface area contributed by atoms with E-state index >= 15 is 0 Å². The van der Waals surface area contributed by atoms with Gasteiger partial charge in [0.2, 0.25) is 0 Å². The molecule has 1 saturated heterocycles. The van der Waals surface area contributed by atoms with E-state index in [0.717, 1.165) is 23.9 Å². The van der Waals surface area contributed by atoms with E-state index in [-0.39, 0.29) is 17.2 Å². The molecule has 0 saturated carbocycles. The molecule has 0 amide bonds. The van der Waals surface area contributed by atoms with Gasteiger partial charge in [0.1, 0.15) is 5.82 Å². The molecule has 3 rings (SSSR count). The molecule has 2 unspecified atom stereocenters. The lowest BCUT2D eigenvalue weighted by molar-refractivity contribution is 0.00647. The molecule has 0 spiro atoms. The van der Waals surface area contributed by atoms with E-state index in [1.807, 2.05) is 11.5 Å². The van der Waals surface area contributed by atoms with Crippen LogP contribution in [-0.2, 0) is 4.74 Å². The number of benzene rings is 1. The summed E-state index contributed by atoms with van der Waals surface area (Å²) in [5.74, 6) is -0.419. The summed E-state index contributed by atoms with van der Waals surface area (Å²) < 4.78 is 21.8. The van der Waals surface area contributed by atoms with Crippen molar-refractivity contribution >= 4 is 34.9 Å². The number of nitrogens with zero attached hydrogens (tertiary/aromatic N) is 1. The minimum Gasteiger partial charge on any atom is -0.378 e. The number of rotatable bonds is 1. The maximum Gasteiger partial charge on any atom is 0.178 e. The molecule has 0 bridgehead atoms. The Balaban J connectivity index is 2.14. The maximum atomic E-state index is 13.7. The first-order chi connectivity index (χ1) is 9.06. The van der Waals surface area contributed by atoms with E-state index in [9.17, 15) is 4.39 Å². The van der Waals surface area contributed by atoms with Crippen molar-refractivity contribution in [2.24, 2.45) is 0 Å². The fourth-order valence-corrected chi connectivity index (χ4v) is 3.21. The summed E-state index contributed by atoms with van der Waals surface area (Å²) in [6.45, 7) is 2.75. The number of imidazole rings is 1. The highest BCUT2D eigenvalue weighted by atomic mass is 35.5. The maximum absolute atomic E-state index is 13.7. The third kappa shape index (κ3) is 2.30. The highest BCUT2D eigenvalue weighted by molar-refractivity contribution is 7.71. The van der Waals surface area contributed by atoms with Gasteiger partial charge in [-0.3, -0.25) is 0 Å². The van der Waals surface area contributed by atoms with Crippen LogP contribution in [0.2, 0.25) is 5.02 Å². The van der Waals surface area contributed by atoms with E-state index in [1.54, 1.807) is 6.07 Å². The van der Waals surface area contributed by atoms with Gasteiger partial charge < -0.3 is 14.3 Å². The molecule has 1 aromatic heterocycles. The van der Waals surface area contributed by atoms with Crippen LogP contribution < -0.4 is 0 Å². The second-order valence-corrected chi connectivity index (χ2v) is 5.74. The first kappa shape index (κ1) is 13.1. The van der Waals surface area contributed by atoms with Gasteiger partial charge in [-0.05, 0) is 38.0 Å². The normalized spacial score (nSPS) is 23.9. The zero-order valence-electron chi connectivity index (χ0n) is 10.5. The van der Waals surface area contributed by atoms with Crippen molar-refractivity contribution in [1.29, 1.82) is 0 Å². The summed E-state index contributed by atoms with van der Waals surface area (Å²) in [7, 11) is 0. The van der Waals surface area contributed by atoms with E-state index in [4.69, 9.17) is 28.6 Å². The van der Waals surface area contributed by atoms with Gasteiger partial charge in [-0.2, -0.15) is 0 Å². The number of fused-ring (bicyclic) bond motifs is 1. The fraction of sp³-hybridized carbons (Fsp3) is 0.462. The Morgan fingerprint density at radius 1 is 1.53 bits per heavy atom. The predicted octanol–water partition coefficient (Wildman–Crippen LogP) is 4.23. The Morgan fingerprint density at radius 3 is 3.05 bits per heavy atom. The van der Waals surface area contributed by atoms with Crippen molar-refractivity contribution in [1.82, 2.24) is 9.55 Å². The fourth-order valence-electron chi connectivity index (χ4n) is 2.69. The number of halogens is 2. The topological polar surface area (TPSA) is 29.9 Å². The number of aromatic nitrogens is 2. The van der Waals surface area contributed by atoms with Crippen molar-refractivity contribution in [3.63, 3.8) is 0 Å². The minimum atomic E-state index is -0.419. The van der Waals surface area contributed by atoms with Crippen LogP contribution in [0, 0.1) is 10.6 Å². The minimum absolute atomic E-state index is 0.108. The molecule has 19 heavy (non-hydrogen) atoms. The van der Waals surface area contributed by atoms with Gasteiger partial charge in [-0.15, -0.1) is 0 Å². The SMILES string of the molecule is CC1CC(n2c(=S)[nH]c3cc(Cl)c(F)cc32)CCO1. The lowest BCUT2D eigenvalue weighted by Crippen LogP contribution is -2.25. The Hall–Kier alpha value is -0.910. The van der Waals surface area contributed by atoms with Crippen LogP contribution in [0.1, 0.15) is 25.8 Å². The zero-order valence-corrected chi connectivity index (χ0v) is 12.0. The summed E-state index contributed by atoms with van der Waals surface area (Å²) in [6.07, 6.45) is 1.96. The van der Waals surface area contributed by atoms with Gasteiger partial charge in [0.15, 0.2) is 4.77 Å². The summed E-state index contributed by atoms with van der Waals surface area (Å²) in [4.78, 5) is 3.09. The summed E-state index contributed by atoms with van der Waals surface area (Å²) in [6, 6.07) is 3.27. The van der Waals surface area contributed by atoms with E-state index < -0.39 is 5.82 Å². The van der Waals surface area contributed by atoms with Crippen LogP contribution in [0.15, 0.2) is 12.1 Å². The number of aromatic amines is 1. The van der Waals surface area contributed by atoms with Crippen LogP contribution in [-0.4, -0.2) is 22.3 Å². The van der Waals surface area contributed by atoms with Crippen LogP contribution in [0.25, 0.3) is 11.0 Å². The van der Waals surface area contributed by atoms with Crippen molar-refractivity contribution < 1.29 is 9.13 Å². The summed E-state index contributed by atoms with van der Waals surface area (Å²) >= 11 is 11.2. The molecular formula is C13H14ClFN2OS. The molecule has 2 atom stereocenters. The molecule has 1 N–H and O–H groups in total. The molecule has 1 aliphatic heterocycles. The first-order valence-electron chi connectivity index (χ1n) is 6.27. The molecule has 1 fully saturated rings. The Bertz CT molecular complexity index is 681. The van der Waals surface area contributed by atoms with Crippen molar-refractivity contribution in [3.05, 3.63) is 27.7 Å². The van der Waals surface area contributed by atoms with Gasteiger partial charge in [-0.25, -0.2) is 4.39 Å². The summed E-state index contributed by atoms with van der Waals surface area (Å²) in [5.41, 5.74) is 1.54. The van der Waals surface area contributed by atoms with E-state index in [2.05, 4.69) is 4.98 Å². The third-order valence-corrected chi connectivity index (χ3v) is 4.17. The number of nitrogens with one attached hydrogen (secondary N) is 1. The molecule has 102 valence electrons. The Morgan fingerprint density at radius 2 is 2.32 bits per heavy atom. The number of ether oxygens (including phenoxy) is 1. The lowest BCUT2D eigenvalue weighted by atomic mass is 10.0. The quantitative estimate of drug-likeness (QED) is 0.799. The average Bonchev–Trinajstić information content (AvgIpc) is 2.65. The first-order valence-corrected chi connectivity index (χ1v) is 7.05. The third-order valence-electron chi connectivity index (χ3n) is 3.58. The van der Waals surface area contributed by atoms with Crippen molar-refractivity contribution in [2.45, 2.75) is 31.9 Å². The molecule has 2 heterocycles. The smallest absolute Gasteiger partial charge is 0.178 e. The lowest BCUT2D eigenvalue weighted by Gasteiger charge is -2.28. The number of hydrogen-bond donors (Lipinski definition) is 1. The molecule has 0 aliphatic carbocycles. The highest BCUT2D eigenvalue weighted by Crippen LogP contribution is 2.31. The van der Waals surface area contributed by atoms with Gasteiger partial charge in [0.25, 0.3) is 0 Å². The van der Waals surface area contributed by atoms with Crippen LogP contribution in [0.3, 0.4) is 0 Å². The molecular weight excluding hydrogens is 287 g/mol. The Labute approximate surface area is 120 Å². The van der Waals surface area contributed by atoms with Gasteiger partial charge in [0.05, 0.1) is 22.2 Å². The van der Waals surface area contributed by atoms with Crippen LogP contribution in [0.5, 0.6) is 0 Å². The van der Waals surface area contributed by atoms with Crippen LogP contribution >= 0.6 is 23.8 Å². The predicted molar refractivity (Wildman–Crippen MR) is 75.8 cm³/mol. The van der Waals surface area contributed by atoms with Crippen LogP contribution in [0.4, 0.5) is 4.39 Å². The molecule has 6 heteroatoms.